The molecule has 1 unspecified atom stereocenters. The van der Waals surface area contributed by atoms with Gasteiger partial charge in [0.05, 0.1) is 11.5 Å². The normalized spacial score (nSPS) is 12.1. The van der Waals surface area contributed by atoms with Gasteiger partial charge in [0.25, 0.3) is 5.69 Å². The van der Waals surface area contributed by atoms with E-state index in [1.807, 2.05) is 31.2 Å². The van der Waals surface area contributed by atoms with E-state index in [4.69, 9.17) is 5.11 Å². The number of benzene rings is 2. The van der Waals surface area contributed by atoms with Crippen molar-refractivity contribution in [1.82, 2.24) is 5.32 Å². The summed E-state index contributed by atoms with van der Waals surface area (Å²) in [6.45, 7) is 2.41. The van der Waals surface area contributed by atoms with E-state index in [1.165, 1.54) is 6.07 Å². The van der Waals surface area contributed by atoms with Crippen LogP contribution in [0.2, 0.25) is 0 Å². The SMILES string of the molecule is CC(NCc1ccccc1[N+](=O)[O-])c1cccc(CO)c1. The van der Waals surface area contributed by atoms with Crippen molar-refractivity contribution in [1.29, 1.82) is 0 Å². The first-order chi connectivity index (χ1) is 10.1. The van der Waals surface area contributed by atoms with Gasteiger partial charge in [-0.1, -0.05) is 42.5 Å². The number of nitrogens with one attached hydrogen (secondary N) is 1. The van der Waals surface area contributed by atoms with Crippen LogP contribution in [0.1, 0.15) is 29.7 Å². The molecular formula is C16H18N2O3. The van der Waals surface area contributed by atoms with Crippen molar-refractivity contribution in [3.8, 4) is 0 Å². The maximum Gasteiger partial charge on any atom is 0.273 e. The van der Waals surface area contributed by atoms with Crippen LogP contribution < -0.4 is 5.32 Å². The van der Waals surface area contributed by atoms with Crippen molar-refractivity contribution in [2.24, 2.45) is 0 Å². The van der Waals surface area contributed by atoms with Crippen LogP contribution in [0.25, 0.3) is 0 Å². The first-order valence-corrected chi connectivity index (χ1v) is 6.77. The number of rotatable bonds is 6. The van der Waals surface area contributed by atoms with Crippen LogP contribution in [0.5, 0.6) is 0 Å². The molecule has 21 heavy (non-hydrogen) atoms. The molecule has 2 aromatic carbocycles. The first kappa shape index (κ1) is 15.2. The van der Waals surface area contributed by atoms with Crippen molar-refractivity contribution in [2.75, 3.05) is 0 Å². The van der Waals surface area contributed by atoms with Crippen LogP contribution in [0.15, 0.2) is 48.5 Å². The van der Waals surface area contributed by atoms with E-state index in [1.54, 1.807) is 18.2 Å². The van der Waals surface area contributed by atoms with Gasteiger partial charge in [-0.25, -0.2) is 0 Å². The van der Waals surface area contributed by atoms with Crippen LogP contribution in [0, 0.1) is 10.1 Å². The average molecular weight is 286 g/mol. The standard InChI is InChI=1S/C16H18N2O3/c1-12(14-7-4-5-13(9-14)11-19)17-10-15-6-2-3-8-16(15)18(20)21/h2-9,12,17,19H,10-11H2,1H3. The number of nitrogens with zero attached hydrogens (tertiary/aromatic N) is 1. The third-order valence-corrected chi connectivity index (χ3v) is 3.42. The molecule has 0 saturated carbocycles. The van der Waals surface area contributed by atoms with Gasteiger partial charge in [0.15, 0.2) is 0 Å². The van der Waals surface area contributed by atoms with E-state index in [9.17, 15) is 10.1 Å². The number of nitro groups is 1. The third kappa shape index (κ3) is 3.87. The van der Waals surface area contributed by atoms with Gasteiger partial charge in [0, 0.05) is 24.2 Å². The zero-order chi connectivity index (χ0) is 15.2. The van der Waals surface area contributed by atoms with E-state index in [2.05, 4.69) is 5.32 Å². The third-order valence-electron chi connectivity index (χ3n) is 3.42. The number of para-hydroxylation sites is 1. The van der Waals surface area contributed by atoms with Crippen LogP contribution in [-0.4, -0.2) is 10.0 Å². The fourth-order valence-corrected chi connectivity index (χ4v) is 2.18. The van der Waals surface area contributed by atoms with Crippen LogP contribution >= 0.6 is 0 Å². The van der Waals surface area contributed by atoms with Gasteiger partial charge in [0.2, 0.25) is 0 Å². The Morgan fingerprint density at radius 1 is 1.24 bits per heavy atom. The molecule has 0 aromatic heterocycles. The van der Waals surface area contributed by atoms with Crippen LogP contribution in [0.3, 0.4) is 0 Å². The highest BCUT2D eigenvalue weighted by Crippen LogP contribution is 2.20. The Morgan fingerprint density at radius 3 is 2.71 bits per heavy atom. The Hall–Kier alpha value is -2.24. The van der Waals surface area contributed by atoms with Gasteiger partial charge in [-0.2, -0.15) is 0 Å². The molecule has 0 spiro atoms. The fraction of sp³-hybridized carbons (Fsp3) is 0.250. The quantitative estimate of drug-likeness (QED) is 0.632. The molecule has 0 bridgehead atoms. The van der Waals surface area contributed by atoms with E-state index in [0.29, 0.717) is 12.1 Å². The van der Waals surface area contributed by atoms with Gasteiger partial charge in [0.1, 0.15) is 0 Å². The molecule has 110 valence electrons. The molecule has 1 atom stereocenters. The molecule has 0 aliphatic carbocycles. The van der Waals surface area contributed by atoms with Crippen molar-refractivity contribution in [3.05, 3.63) is 75.3 Å². The van der Waals surface area contributed by atoms with Gasteiger partial charge in [-0.3, -0.25) is 10.1 Å². The molecular weight excluding hydrogens is 268 g/mol. The summed E-state index contributed by atoms with van der Waals surface area (Å²) in [7, 11) is 0. The number of aliphatic hydroxyl groups is 1. The molecule has 0 saturated heterocycles. The van der Waals surface area contributed by atoms with Gasteiger partial charge in [-0.05, 0) is 18.1 Å². The molecule has 0 amide bonds. The molecule has 2 aromatic rings. The Bertz CT molecular complexity index is 628. The van der Waals surface area contributed by atoms with Gasteiger partial charge < -0.3 is 10.4 Å². The lowest BCUT2D eigenvalue weighted by Gasteiger charge is -2.15. The van der Waals surface area contributed by atoms with Gasteiger partial charge >= 0.3 is 0 Å². The summed E-state index contributed by atoms with van der Waals surface area (Å²) >= 11 is 0. The van der Waals surface area contributed by atoms with Crippen molar-refractivity contribution in [3.63, 3.8) is 0 Å². The van der Waals surface area contributed by atoms with E-state index >= 15 is 0 Å². The predicted molar refractivity (Wildman–Crippen MR) is 80.7 cm³/mol. The van der Waals surface area contributed by atoms with Gasteiger partial charge in [-0.15, -0.1) is 0 Å². The Labute approximate surface area is 123 Å². The summed E-state index contributed by atoms with van der Waals surface area (Å²) in [6, 6.07) is 14.4. The summed E-state index contributed by atoms with van der Waals surface area (Å²) in [5.41, 5.74) is 2.68. The Kier molecular flexibility index (Phi) is 5.03. The maximum atomic E-state index is 11.0. The lowest BCUT2D eigenvalue weighted by atomic mass is 10.0. The van der Waals surface area contributed by atoms with E-state index in [0.717, 1.165) is 11.1 Å². The number of aliphatic hydroxyl groups excluding tert-OH is 1. The predicted octanol–water partition coefficient (Wildman–Crippen LogP) is 2.94. The molecule has 0 radical (unpaired) electrons. The molecule has 0 aliphatic rings. The molecule has 0 aliphatic heterocycles. The second-order valence-corrected chi connectivity index (χ2v) is 4.89. The van der Waals surface area contributed by atoms with Crippen LogP contribution in [-0.2, 0) is 13.2 Å². The van der Waals surface area contributed by atoms with Crippen molar-refractivity contribution in [2.45, 2.75) is 26.1 Å². The first-order valence-electron chi connectivity index (χ1n) is 6.77. The zero-order valence-corrected chi connectivity index (χ0v) is 11.8. The lowest BCUT2D eigenvalue weighted by Crippen LogP contribution is -2.18. The number of hydrogen-bond acceptors (Lipinski definition) is 4. The largest absolute Gasteiger partial charge is 0.392 e. The second-order valence-electron chi connectivity index (χ2n) is 4.89. The highest BCUT2D eigenvalue weighted by atomic mass is 16.6. The summed E-state index contributed by atoms with van der Waals surface area (Å²) in [4.78, 5) is 10.6. The summed E-state index contributed by atoms with van der Waals surface area (Å²) in [6.07, 6.45) is 0. The minimum Gasteiger partial charge on any atom is -0.392 e. The van der Waals surface area contributed by atoms with Crippen molar-refractivity contribution >= 4 is 5.69 Å². The van der Waals surface area contributed by atoms with Crippen LogP contribution in [0.4, 0.5) is 5.69 Å². The monoisotopic (exact) mass is 286 g/mol. The Balaban J connectivity index is 2.07. The summed E-state index contributed by atoms with van der Waals surface area (Å²) < 4.78 is 0. The topological polar surface area (TPSA) is 75.4 Å². The van der Waals surface area contributed by atoms with Crippen molar-refractivity contribution < 1.29 is 10.0 Å². The second kappa shape index (κ2) is 6.97. The van der Waals surface area contributed by atoms with E-state index in [-0.39, 0.29) is 23.3 Å². The highest BCUT2D eigenvalue weighted by molar-refractivity contribution is 5.39. The number of nitro benzene ring substituents is 1. The smallest absolute Gasteiger partial charge is 0.273 e. The molecule has 0 fully saturated rings. The minimum absolute atomic E-state index is 0.00468. The molecule has 2 rings (SSSR count). The maximum absolute atomic E-state index is 11.0. The lowest BCUT2D eigenvalue weighted by molar-refractivity contribution is -0.385. The molecule has 5 heteroatoms. The summed E-state index contributed by atoms with van der Waals surface area (Å²) in [5, 5.41) is 23.4. The van der Waals surface area contributed by atoms with E-state index < -0.39 is 0 Å². The minimum atomic E-state index is -0.367. The molecule has 2 N–H and O–H groups in total. The fourth-order valence-electron chi connectivity index (χ4n) is 2.18. The zero-order valence-electron chi connectivity index (χ0n) is 11.8. The average Bonchev–Trinajstić information content (AvgIpc) is 2.52. The molecule has 5 nitrogen and oxygen atoms in total. The Morgan fingerprint density at radius 2 is 2.00 bits per heavy atom. The highest BCUT2D eigenvalue weighted by Gasteiger charge is 2.13. The summed E-state index contributed by atoms with van der Waals surface area (Å²) in [5.74, 6) is 0. The molecule has 0 heterocycles. The number of hydrogen-bond donors (Lipinski definition) is 2.